The molecule has 0 atom stereocenters. The van der Waals surface area contributed by atoms with Crippen LogP contribution in [0, 0.1) is 0 Å². The highest BCUT2D eigenvalue weighted by Gasteiger charge is 2.20. The zero-order valence-electron chi connectivity index (χ0n) is 12.6. The zero-order chi connectivity index (χ0) is 14.7. The Morgan fingerprint density at radius 2 is 2.05 bits per heavy atom. The summed E-state index contributed by atoms with van der Waals surface area (Å²) in [6.45, 7) is 0. The summed E-state index contributed by atoms with van der Waals surface area (Å²) in [4.78, 5) is 9.08. The summed E-state index contributed by atoms with van der Waals surface area (Å²) in [5.41, 5.74) is 6.74. The first-order valence-corrected chi connectivity index (χ1v) is 8.70. The van der Waals surface area contributed by atoms with Crippen LogP contribution in [0.2, 0.25) is 0 Å². The lowest BCUT2D eigenvalue weighted by atomic mass is 9.89. The standard InChI is InChI=1S/C15H23N5S/c1-20-13(9-5-8-12-10-21-15(16)17-12)18-14(19-20)11-6-3-2-4-7-11/h10-11H,2-9H2,1H3,(H2,16,17). The van der Waals surface area contributed by atoms with Gasteiger partial charge < -0.3 is 5.73 Å². The van der Waals surface area contributed by atoms with Crippen molar-refractivity contribution < 1.29 is 0 Å². The van der Waals surface area contributed by atoms with E-state index in [1.165, 1.54) is 43.4 Å². The molecule has 1 saturated carbocycles. The minimum absolute atomic E-state index is 0.581. The molecule has 0 unspecified atom stereocenters. The number of hydrogen-bond acceptors (Lipinski definition) is 5. The molecule has 2 heterocycles. The molecule has 1 fully saturated rings. The van der Waals surface area contributed by atoms with E-state index in [0.717, 1.165) is 36.6 Å². The van der Waals surface area contributed by atoms with Crippen molar-refractivity contribution in [2.24, 2.45) is 7.05 Å². The lowest BCUT2D eigenvalue weighted by Gasteiger charge is -2.18. The largest absolute Gasteiger partial charge is 0.375 e. The molecule has 0 radical (unpaired) electrons. The number of anilines is 1. The summed E-state index contributed by atoms with van der Waals surface area (Å²) in [5, 5.41) is 7.33. The highest BCUT2D eigenvalue weighted by molar-refractivity contribution is 7.13. The Labute approximate surface area is 129 Å². The number of nitrogens with zero attached hydrogens (tertiary/aromatic N) is 4. The van der Waals surface area contributed by atoms with Crippen molar-refractivity contribution in [3.63, 3.8) is 0 Å². The van der Waals surface area contributed by atoms with Gasteiger partial charge in [-0.05, 0) is 25.7 Å². The van der Waals surface area contributed by atoms with E-state index in [1.54, 1.807) is 0 Å². The fourth-order valence-corrected chi connectivity index (χ4v) is 3.65. The van der Waals surface area contributed by atoms with Gasteiger partial charge in [0.15, 0.2) is 11.0 Å². The predicted molar refractivity (Wildman–Crippen MR) is 85.4 cm³/mol. The maximum atomic E-state index is 5.65. The third kappa shape index (κ3) is 3.61. The van der Waals surface area contributed by atoms with Crippen molar-refractivity contribution in [3.8, 4) is 0 Å². The molecule has 114 valence electrons. The lowest BCUT2D eigenvalue weighted by Crippen LogP contribution is -2.06. The monoisotopic (exact) mass is 305 g/mol. The molecule has 0 spiro atoms. The molecule has 2 N–H and O–H groups in total. The number of nitrogens with two attached hydrogens (primary N) is 1. The first-order chi connectivity index (χ1) is 10.2. The van der Waals surface area contributed by atoms with Gasteiger partial charge in [0.2, 0.25) is 0 Å². The molecule has 0 saturated heterocycles. The Balaban J connectivity index is 1.56. The van der Waals surface area contributed by atoms with Gasteiger partial charge in [-0.2, -0.15) is 5.10 Å². The average Bonchev–Trinajstić information content (AvgIpc) is 3.07. The highest BCUT2D eigenvalue weighted by atomic mass is 32.1. The van der Waals surface area contributed by atoms with Crippen LogP contribution in [0.3, 0.4) is 0 Å². The zero-order valence-corrected chi connectivity index (χ0v) is 13.4. The Bertz CT molecular complexity index is 583. The van der Waals surface area contributed by atoms with E-state index in [9.17, 15) is 0 Å². The van der Waals surface area contributed by atoms with Crippen LogP contribution in [0.5, 0.6) is 0 Å². The molecule has 0 aliphatic heterocycles. The second-order valence-electron chi connectivity index (χ2n) is 5.88. The smallest absolute Gasteiger partial charge is 0.180 e. The number of aromatic nitrogens is 4. The normalized spacial score (nSPS) is 16.4. The Morgan fingerprint density at radius 3 is 2.76 bits per heavy atom. The fraction of sp³-hybridized carbons (Fsp3) is 0.667. The van der Waals surface area contributed by atoms with Gasteiger partial charge in [-0.1, -0.05) is 19.3 Å². The van der Waals surface area contributed by atoms with Gasteiger partial charge in [-0.3, -0.25) is 4.68 Å². The van der Waals surface area contributed by atoms with Crippen molar-refractivity contribution in [3.05, 3.63) is 22.7 Å². The molecule has 21 heavy (non-hydrogen) atoms. The third-order valence-corrected chi connectivity index (χ3v) is 4.97. The van der Waals surface area contributed by atoms with E-state index in [-0.39, 0.29) is 0 Å². The molecule has 1 aliphatic carbocycles. The molecule has 1 aliphatic rings. The van der Waals surface area contributed by atoms with Crippen molar-refractivity contribution in [2.45, 2.75) is 57.3 Å². The number of hydrogen-bond donors (Lipinski definition) is 1. The quantitative estimate of drug-likeness (QED) is 0.921. The van der Waals surface area contributed by atoms with Crippen LogP contribution in [0.1, 0.15) is 61.8 Å². The highest BCUT2D eigenvalue weighted by Crippen LogP contribution is 2.30. The molecule has 2 aromatic rings. The Kier molecular flexibility index (Phi) is 4.53. The number of aryl methyl sites for hydroxylation is 3. The number of rotatable bonds is 5. The fourth-order valence-electron chi connectivity index (χ4n) is 3.05. The van der Waals surface area contributed by atoms with Crippen molar-refractivity contribution >= 4 is 16.5 Å². The summed E-state index contributed by atoms with van der Waals surface area (Å²) < 4.78 is 1.96. The average molecular weight is 305 g/mol. The van der Waals surface area contributed by atoms with Gasteiger partial charge >= 0.3 is 0 Å². The summed E-state index contributed by atoms with van der Waals surface area (Å²) in [6.07, 6.45) is 9.47. The first-order valence-electron chi connectivity index (χ1n) is 7.82. The number of thiazole rings is 1. The van der Waals surface area contributed by atoms with Crippen LogP contribution >= 0.6 is 11.3 Å². The van der Waals surface area contributed by atoms with Crippen LogP contribution in [0.15, 0.2) is 5.38 Å². The van der Waals surface area contributed by atoms with E-state index < -0.39 is 0 Å². The Morgan fingerprint density at radius 1 is 1.24 bits per heavy atom. The van der Waals surface area contributed by atoms with Crippen molar-refractivity contribution in [2.75, 3.05) is 5.73 Å². The molecule has 0 aromatic carbocycles. The van der Waals surface area contributed by atoms with E-state index >= 15 is 0 Å². The molecule has 0 bridgehead atoms. The molecule has 0 amide bonds. The van der Waals surface area contributed by atoms with Crippen LogP contribution in [0.25, 0.3) is 0 Å². The SMILES string of the molecule is Cn1nc(C2CCCCC2)nc1CCCc1csc(N)n1. The maximum Gasteiger partial charge on any atom is 0.180 e. The van der Waals surface area contributed by atoms with E-state index in [2.05, 4.69) is 10.1 Å². The Hall–Kier alpha value is -1.43. The first kappa shape index (κ1) is 14.5. The van der Waals surface area contributed by atoms with Crippen LogP contribution in [0.4, 0.5) is 5.13 Å². The second kappa shape index (κ2) is 6.56. The molecule has 3 rings (SSSR count). The minimum Gasteiger partial charge on any atom is -0.375 e. The van der Waals surface area contributed by atoms with Gasteiger partial charge in [-0.15, -0.1) is 11.3 Å². The van der Waals surface area contributed by atoms with Crippen LogP contribution in [-0.2, 0) is 19.9 Å². The topological polar surface area (TPSA) is 69.6 Å². The van der Waals surface area contributed by atoms with E-state index in [1.807, 2.05) is 17.1 Å². The molecular formula is C15H23N5S. The summed E-state index contributed by atoms with van der Waals surface area (Å²) in [7, 11) is 2.01. The molecule has 5 nitrogen and oxygen atoms in total. The third-order valence-electron chi connectivity index (χ3n) is 4.24. The maximum absolute atomic E-state index is 5.65. The summed E-state index contributed by atoms with van der Waals surface area (Å²) in [5.74, 6) is 2.74. The van der Waals surface area contributed by atoms with Gasteiger partial charge in [0.05, 0.1) is 5.69 Å². The minimum atomic E-state index is 0.581. The van der Waals surface area contributed by atoms with Gasteiger partial charge in [0.25, 0.3) is 0 Å². The molecule has 2 aromatic heterocycles. The van der Waals surface area contributed by atoms with Crippen LogP contribution < -0.4 is 5.73 Å². The molecular weight excluding hydrogens is 282 g/mol. The van der Waals surface area contributed by atoms with E-state index in [4.69, 9.17) is 10.7 Å². The van der Waals surface area contributed by atoms with Gasteiger partial charge in [0.1, 0.15) is 5.82 Å². The summed E-state index contributed by atoms with van der Waals surface area (Å²) >= 11 is 1.51. The lowest BCUT2D eigenvalue weighted by molar-refractivity contribution is 0.427. The van der Waals surface area contributed by atoms with Crippen LogP contribution in [-0.4, -0.2) is 19.7 Å². The van der Waals surface area contributed by atoms with Gasteiger partial charge in [-0.25, -0.2) is 9.97 Å². The van der Waals surface area contributed by atoms with Crippen molar-refractivity contribution in [1.29, 1.82) is 0 Å². The second-order valence-corrected chi connectivity index (χ2v) is 6.77. The molecule has 6 heteroatoms. The van der Waals surface area contributed by atoms with E-state index in [0.29, 0.717) is 11.0 Å². The van der Waals surface area contributed by atoms with Crippen molar-refractivity contribution in [1.82, 2.24) is 19.7 Å². The number of nitrogen functional groups attached to an aromatic ring is 1. The van der Waals surface area contributed by atoms with Gasteiger partial charge in [0, 0.05) is 24.8 Å². The predicted octanol–water partition coefficient (Wildman–Crippen LogP) is 3.08. The summed E-state index contributed by atoms with van der Waals surface area (Å²) in [6, 6.07) is 0.